The minimum Gasteiger partial charge on any atom is -0.507 e. The van der Waals surface area contributed by atoms with Gasteiger partial charge in [0.25, 0.3) is 0 Å². The number of aromatic hydroxyl groups is 1. The molecular formula is C17H22BrNO3. The van der Waals surface area contributed by atoms with Crippen LogP contribution in [0.25, 0.3) is 0 Å². The van der Waals surface area contributed by atoms with Crippen molar-refractivity contribution in [1.29, 1.82) is 0 Å². The molecule has 1 aliphatic heterocycles. The van der Waals surface area contributed by atoms with Gasteiger partial charge in [0.05, 0.1) is 17.0 Å². The van der Waals surface area contributed by atoms with Gasteiger partial charge in [0.2, 0.25) is 5.91 Å². The first-order valence-electron chi connectivity index (χ1n) is 7.42. The van der Waals surface area contributed by atoms with Crippen LogP contribution in [0.15, 0.2) is 28.8 Å². The average molecular weight is 368 g/mol. The van der Waals surface area contributed by atoms with E-state index in [4.69, 9.17) is 0 Å². The van der Waals surface area contributed by atoms with Crippen LogP contribution in [0.3, 0.4) is 0 Å². The van der Waals surface area contributed by atoms with Gasteiger partial charge in [0.15, 0.2) is 0 Å². The smallest absolute Gasteiger partial charge is 0.225 e. The van der Waals surface area contributed by atoms with Crippen molar-refractivity contribution in [3.05, 3.63) is 39.9 Å². The molecule has 2 N–H and O–H groups in total. The topological polar surface area (TPSA) is 60.8 Å². The number of hydrogen-bond donors (Lipinski definition) is 2. The number of benzene rings is 1. The van der Waals surface area contributed by atoms with E-state index in [0.717, 1.165) is 17.5 Å². The molecule has 5 heteroatoms. The Hall–Kier alpha value is -1.33. The van der Waals surface area contributed by atoms with Crippen LogP contribution in [0.2, 0.25) is 0 Å². The number of carbonyl (C=O) groups is 1. The minimum atomic E-state index is -0.786. The van der Waals surface area contributed by atoms with Crippen molar-refractivity contribution < 1.29 is 15.0 Å². The van der Waals surface area contributed by atoms with E-state index < -0.39 is 6.10 Å². The van der Waals surface area contributed by atoms with Gasteiger partial charge in [-0.05, 0) is 58.5 Å². The third-order valence-corrected chi connectivity index (χ3v) is 4.81. The second-order valence-electron chi connectivity index (χ2n) is 6.06. The van der Waals surface area contributed by atoms with Crippen molar-refractivity contribution in [3.8, 4) is 5.75 Å². The highest BCUT2D eigenvalue weighted by atomic mass is 79.9. The summed E-state index contributed by atoms with van der Waals surface area (Å²) in [6.45, 7) is 8.67. The number of fused-ring (bicyclic) bond motifs is 1. The van der Waals surface area contributed by atoms with E-state index in [9.17, 15) is 15.0 Å². The zero-order valence-corrected chi connectivity index (χ0v) is 14.6. The molecule has 0 aliphatic carbocycles. The van der Waals surface area contributed by atoms with Gasteiger partial charge in [-0.1, -0.05) is 19.1 Å². The van der Waals surface area contributed by atoms with E-state index in [1.165, 1.54) is 0 Å². The lowest BCUT2D eigenvalue weighted by molar-refractivity contribution is -0.132. The van der Waals surface area contributed by atoms with Crippen molar-refractivity contribution in [2.75, 3.05) is 13.1 Å². The van der Waals surface area contributed by atoms with Crippen molar-refractivity contribution in [3.63, 3.8) is 0 Å². The summed E-state index contributed by atoms with van der Waals surface area (Å²) in [6.07, 6.45) is 0.0347. The molecule has 0 spiro atoms. The number of aliphatic hydroxyl groups is 1. The molecular weight excluding hydrogens is 346 g/mol. The SMILES string of the molecule is C=C(C)[C@@H](O)CC(=O)N1CCc2cc(Br)c(O)cc2C(C)C1. The van der Waals surface area contributed by atoms with Crippen molar-refractivity contribution in [2.24, 2.45) is 0 Å². The molecule has 0 aromatic heterocycles. The zero-order valence-electron chi connectivity index (χ0n) is 13.0. The van der Waals surface area contributed by atoms with Crippen LogP contribution in [0.5, 0.6) is 5.75 Å². The van der Waals surface area contributed by atoms with Crippen LogP contribution in [0, 0.1) is 0 Å². The predicted octanol–water partition coefficient (Wildman–Crippen LogP) is 2.97. The predicted molar refractivity (Wildman–Crippen MR) is 89.9 cm³/mol. The third kappa shape index (κ3) is 3.70. The molecule has 0 saturated carbocycles. The fraction of sp³-hybridized carbons (Fsp3) is 0.471. The molecule has 1 unspecified atom stereocenters. The van der Waals surface area contributed by atoms with Gasteiger partial charge < -0.3 is 15.1 Å². The van der Waals surface area contributed by atoms with Crippen LogP contribution in [-0.2, 0) is 11.2 Å². The van der Waals surface area contributed by atoms with Gasteiger partial charge in [-0.15, -0.1) is 0 Å². The van der Waals surface area contributed by atoms with Crippen molar-refractivity contribution in [2.45, 2.75) is 38.7 Å². The van der Waals surface area contributed by atoms with Crippen molar-refractivity contribution in [1.82, 2.24) is 4.90 Å². The summed E-state index contributed by atoms with van der Waals surface area (Å²) in [5, 5.41) is 19.7. The molecule has 1 amide bonds. The Balaban J connectivity index is 2.15. The Morgan fingerprint density at radius 2 is 2.23 bits per heavy atom. The first kappa shape index (κ1) is 17.0. The molecule has 0 fully saturated rings. The van der Waals surface area contributed by atoms with E-state index in [1.54, 1.807) is 17.9 Å². The van der Waals surface area contributed by atoms with Crippen LogP contribution >= 0.6 is 15.9 Å². The lowest BCUT2D eigenvalue weighted by atomic mass is 9.95. The molecule has 2 rings (SSSR count). The largest absolute Gasteiger partial charge is 0.507 e. The molecule has 1 aromatic carbocycles. The summed E-state index contributed by atoms with van der Waals surface area (Å²) in [6, 6.07) is 3.71. The summed E-state index contributed by atoms with van der Waals surface area (Å²) in [4.78, 5) is 14.2. The molecule has 120 valence electrons. The molecule has 0 saturated heterocycles. The molecule has 1 aliphatic rings. The van der Waals surface area contributed by atoms with Gasteiger partial charge in [-0.3, -0.25) is 4.79 Å². The molecule has 0 bridgehead atoms. The van der Waals surface area contributed by atoms with Crippen LogP contribution in [0.4, 0.5) is 0 Å². The second-order valence-corrected chi connectivity index (χ2v) is 6.91. The van der Waals surface area contributed by atoms with Crippen LogP contribution in [-0.4, -0.2) is 40.2 Å². The number of halogens is 1. The number of phenols is 1. The van der Waals surface area contributed by atoms with E-state index in [-0.39, 0.29) is 24.0 Å². The lowest BCUT2D eigenvalue weighted by Gasteiger charge is -2.24. The fourth-order valence-corrected chi connectivity index (χ4v) is 3.16. The quantitative estimate of drug-likeness (QED) is 0.807. The van der Waals surface area contributed by atoms with Crippen LogP contribution in [0.1, 0.15) is 37.3 Å². The Morgan fingerprint density at radius 1 is 1.55 bits per heavy atom. The maximum absolute atomic E-state index is 12.4. The van der Waals surface area contributed by atoms with Gasteiger partial charge >= 0.3 is 0 Å². The lowest BCUT2D eigenvalue weighted by Crippen LogP contribution is -2.36. The monoisotopic (exact) mass is 367 g/mol. The highest BCUT2D eigenvalue weighted by molar-refractivity contribution is 9.10. The molecule has 0 radical (unpaired) electrons. The molecule has 1 heterocycles. The van der Waals surface area contributed by atoms with Gasteiger partial charge in [-0.2, -0.15) is 0 Å². The third-order valence-electron chi connectivity index (χ3n) is 4.17. The highest BCUT2D eigenvalue weighted by Crippen LogP contribution is 2.34. The van der Waals surface area contributed by atoms with Gasteiger partial charge in [-0.25, -0.2) is 0 Å². The summed E-state index contributed by atoms with van der Waals surface area (Å²) < 4.78 is 0.677. The molecule has 22 heavy (non-hydrogen) atoms. The number of phenolic OH excluding ortho intramolecular Hbond substituents is 1. The Bertz CT molecular complexity index is 600. The van der Waals surface area contributed by atoms with E-state index in [1.807, 2.05) is 13.0 Å². The number of hydrogen-bond acceptors (Lipinski definition) is 3. The molecule has 4 nitrogen and oxygen atoms in total. The van der Waals surface area contributed by atoms with Crippen molar-refractivity contribution >= 4 is 21.8 Å². The summed E-state index contributed by atoms with van der Waals surface area (Å²) in [5.41, 5.74) is 2.83. The van der Waals surface area contributed by atoms with E-state index in [2.05, 4.69) is 22.5 Å². The average Bonchev–Trinajstić information content (AvgIpc) is 2.60. The summed E-state index contributed by atoms with van der Waals surface area (Å²) in [7, 11) is 0. The second kappa shape index (κ2) is 6.84. The fourth-order valence-electron chi connectivity index (χ4n) is 2.77. The Morgan fingerprint density at radius 3 is 2.86 bits per heavy atom. The minimum absolute atomic E-state index is 0.0570. The van der Waals surface area contributed by atoms with Crippen LogP contribution < -0.4 is 0 Å². The van der Waals surface area contributed by atoms with Gasteiger partial charge in [0.1, 0.15) is 5.75 Å². The maximum Gasteiger partial charge on any atom is 0.225 e. The standard InChI is InChI=1S/C17H22BrNO3/c1-10(2)15(20)8-17(22)19-5-4-12-6-14(18)16(21)7-13(12)11(3)9-19/h6-7,11,15,20-21H,1,4-5,8-9H2,2-3H3/t11?,15-/m0/s1. The number of nitrogens with zero attached hydrogens (tertiary/aromatic N) is 1. The van der Waals surface area contributed by atoms with Gasteiger partial charge in [0, 0.05) is 13.1 Å². The molecule has 1 aromatic rings. The summed E-state index contributed by atoms with van der Waals surface area (Å²) in [5.74, 6) is 0.309. The molecule has 2 atom stereocenters. The van der Waals surface area contributed by atoms with E-state index >= 15 is 0 Å². The Kier molecular flexibility index (Phi) is 5.29. The summed E-state index contributed by atoms with van der Waals surface area (Å²) >= 11 is 3.34. The highest BCUT2D eigenvalue weighted by Gasteiger charge is 2.25. The first-order chi connectivity index (χ1) is 10.3. The normalized spacial score (nSPS) is 19.3. The zero-order chi connectivity index (χ0) is 16.4. The number of rotatable bonds is 3. The first-order valence-corrected chi connectivity index (χ1v) is 8.21. The Labute approximate surface area is 139 Å². The number of aliphatic hydroxyl groups excluding tert-OH is 1. The number of carbonyl (C=O) groups excluding carboxylic acids is 1. The van der Waals surface area contributed by atoms with E-state index in [0.29, 0.717) is 23.1 Å². The number of amides is 1. The maximum atomic E-state index is 12.4.